The molecule has 1 fully saturated rings. The average Bonchev–Trinajstić information content (AvgIpc) is 3.09. The van der Waals surface area contributed by atoms with E-state index in [4.69, 9.17) is 9.47 Å². The smallest absolute Gasteiger partial charge is 0.123 e. The van der Waals surface area contributed by atoms with Gasteiger partial charge in [0.15, 0.2) is 0 Å². The number of hydrogen-bond donors (Lipinski definition) is 0. The lowest BCUT2D eigenvalue weighted by Gasteiger charge is -2.33. The molecule has 4 nitrogen and oxygen atoms in total. The number of aromatic nitrogens is 1. The van der Waals surface area contributed by atoms with Gasteiger partial charge in [-0.25, -0.2) is 0 Å². The van der Waals surface area contributed by atoms with Crippen molar-refractivity contribution >= 4 is 0 Å². The van der Waals surface area contributed by atoms with Gasteiger partial charge in [-0.05, 0) is 42.5 Å². The number of aryl methyl sites for hydroxylation is 2. The van der Waals surface area contributed by atoms with Crippen LogP contribution in [-0.4, -0.2) is 36.7 Å². The van der Waals surface area contributed by atoms with Crippen molar-refractivity contribution in [2.75, 3.05) is 26.8 Å². The summed E-state index contributed by atoms with van der Waals surface area (Å²) in [5.41, 5.74) is 5.42. The van der Waals surface area contributed by atoms with Gasteiger partial charge in [-0.15, -0.1) is 0 Å². The van der Waals surface area contributed by atoms with Crippen LogP contribution in [0, 0.1) is 0 Å². The Bertz CT molecular complexity index is 702. The van der Waals surface area contributed by atoms with Gasteiger partial charge in [0, 0.05) is 43.2 Å². The molecule has 2 aliphatic rings. The number of pyridine rings is 1. The quantitative estimate of drug-likeness (QED) is 0.865. The van der Waals surface area contributed by atoms with Crippen molar-refractivity contribution in [3.63, 3.8) is 0 Å². The van der Waals surface area contributed by atoms with Gasteiger partial charge in [-0.3, -0.25) is 9.88 Å². The Labute approximate surface area is 143 Å². The number of ether oxygens (including phenoxy) is 2. The highest BCUT2D eigenvalue weighted by molar-refractivity contribution is 5.44. The minimum absolute atomic E-state index is 0.105. The second-order valence-corrected chi connectivity index (χ2v) is 6.67. The summed E-state index contributed by atoms with van der Waals surface area (Å²) in [4.78, 5) is 6.68. The SMILES string of the molecule is COc1cc2c(cc1CN1CCO[C@@H](c3cccnc3)C1)CCC2. The molecular weight excluding hydrogens is 300 g/mol. The number of hydrogen-bond acceptors (Lipinski definition) is 4. The third kappa shape index (κ3) is 3.17. The number of methoxy groups -OCH3 is 1. The summed E-state index contributed by atoms with van der Waals surface area (Å²) in [5, 5.41) is 0. The van der Waals surface area contributed by atoms with Gasteiger partial charge in [0.2, 0.25) is 0 Å². The van der Waals surface area contributed by atoms with E-state index in [1.54, 1.807) is 13.3 Å². The van der Waals surface area contributed by atoms with Crippen LogP contribution in [0.4, 0.5) is 0 Å². The van der Waals surface area contributed by atoms with Gasteiger partial charge in [0.05, 0.1) is 19.8 Å². The van der Waals surface area contributed by atoms with Crippen LogP contribution in [-0.2, 0) is 24.1 Å². The van der Waals surface area contributed by atoms with E-state index in [9.17, 15) is 0 Å². The van der Waals surface area contributed by atoms with E-state index < -0.39 is 0 Å². The van der Waals surface area contributed by atoms with Gasteiger partial charge >= 0.3 is 0 Å². The van der Waals surface area contributed by atoms with Crippen LogP contribution in [0.15, 0.2) is 36.7 Å². The molecule has 4 rings (SSSR count). The zero-order chi connectivity index (χ0) is 16.4. The molecule has 0 spiro atoms. The fourth-order valence-corrected chi connectivity index (χ4v) is 3.82. The van der Waals surface area contributed by atoms with E-state index in [0.717, 1.165) is 37.6 Å². The molecule has 0 N–H and O–H groups in total. The zero-order valence-corrected chi connectivity index (χ0v) is 14.2. The summed E-state index contributed by atoms with van der Waals surface area (Å²) >= 11 is 0. The Balaban J connectivity index is 1.51. The summed E-state index contributed by atoms with van der Waals surface area (Å²) in [5.74, 6) is 1.03. The molecule has 0 bridgehead atoms. The van der Waals surface area contributed by atoms with Crippen molar-refractivity contribution in [2.45, 2.75) is 31.9 Å². The van der Waals surface area contributed by atoms with Crippen LogP contribution in [0.3, 0.4) is 0 Å². The lowest BCUT2D eigenvalue weighted by molar-refractivity contribution is -0.0332. The molecule has 4 heteroatoms. The van der Waals surface area contributed by atoms with Crippen molar-refractivity contribution in [1.82, 2.24) is 9.88 Å². The molecule has 1 aromatic heterocycles. The monoisotopic (exact) mass is 324 g/mol. The Morgan fingerprint density at radius 3 is 2.96 bits per heavy atom. The summed E-state index contributed by atoms with van der Waals surface area (Å²) in [6, 6.07) is 8.67. The first-order chi connectivity index (χ1) is 11.8. The number of fused-ring (bicyclic) bond motifs is 1. The molecule has 24 heavy (non-hydrogen) atoms. The van der Waals surface area contributed by atoms with Crippen molar-refractivity contribution in [2.24, 2.45) is 0 Å². The molecule has 1 aliphatic carbocycles. The molecule has 0 radical (unpaired) electrons. The molecule has 2 heterocycles. The van der Waals surface area contributed by atoms with E-state index in [2.05, 4.69) is 28.1 Å². The third-order valence-corrected chi connectivity index (χ3v) is 5.10. The molecule has 1 aromatic carbocycles. The molecule has 1 saturated heterocycles. The number of morpholine rings is 1. The largest absolute Gasteiger partial charge is 0.496 e. The van der Waals surface area contributed by atoms with Crippen molar-refractivity contribution in [3.05, 3.63) is 58.9 Å². The molecule has 0 unspecified atom stereocenters. The Hall–Kier alpha value is -1.91. The van der Waals surface area contributed by atoms with E-state index in [1.807, 2.05) is 12.3 Å². The summed E-state index contributed by atoms with van der Waals surface area (Å²) in [6.45, 7) is 3.52. The highest BCUT2D eigenvalue weighted by atomic mass is 16.5. The number of rotatable bonds is 4. The maximum atomic E-state index is 5.95. The first kappa shape index (κ1) is 15.6. The fourth-order valence-electron chi connectivity index (χ4n) is 3.82. The van der Waals surface area contributed by atoms with Gasteiger partial charge < -0.3 is 9.47 Å². The lowest BCUT2D eigenvalue weighted by Crippen LogP contribution is -2.37. The molecule has 1 aliphatic heterocycles. The summed E-state index contributed by atoms with van der Waals surface area (Å²) in [6.07, 6.45) is 7.47. The second kappa shape index (κ2) is 6.91. The molecule has 1 atom stereocenters. The van der Waals surface area contributed by atoms with Gasteiger partial charge in [0.1, 0.15) is 5.75 Å². The minimum atomic E-state index is 0.105. The van der Waals surface area contributed by atoms with Crippen LogP contribution >= 0.6 is 0 Å². The standard InChI is InChI=1S/C20H24N2O2/c1-23-19-11-16-5-2-4-15(16)10-18(19)13-22-8-9-24-20(14-22)17-6-3-7-21-12-17/h3,6-7,10-12,20H,2,4-5,8-9,13-14H2,1H3/t20-/m1/s1. The van der Waals surface area contributed by atoms with Gasteiger partial charge in [-0.2, -0.15) is 0 Å². The predicted molar refractivity (Wildman–Crippen MR) is 93.2 cm³/mol. The summed E-state index contributed by atoms with van der Waals surface area (Å²) in [7, 11) is 1.78. The number of nitrogens with zero attached hydrogens (tertiary/aromatic N) is 2. The van der Waals surface area contributed by atoms with Crippen molar-refractivity contribution < 1.29 is 9.47 Å². The zero-order valence-electron chi connectivity index (χ0n) is 14.2. The van der Waals surface area contributed by atoms with Crippen molar-refractivity contribution in [1.29, 1.82) is 0 Å². The predicted octanol–water partition coefficient (Wildman–Crippen LogP) is 3.15. The van der Waals surface area contributed by atoms with E-state index in [1.165, 1.54) is 36.0 Å². The molecule has 126 valence electrons. The Morgan fingerprint density at radius 1 is 1.29 bits per heavy atom. The van der Waals surface area contributed by atoms with Crippen LogP contribution < -0.4 is 4.74 Å². The molecule has 0 saturated carbocycles. The molecule has 2 aromatic rings. The van der Waals surface area contributed by atoms with Crippen LogP contribution in [0.25, 0.3) is 0 Å². The Kier molecular flexibility index (Phi) is 4.50. The topological polar surface area (TPSA) is 34.6 Å². The van der Waals surface area contributed by atoms with Crippen molar-refractivity contribution in [3.8, 4) is 5.75 Å². The van der Waals surface area contributed by atoms with E-state index in [0.29, 0.717) is 0 Å². The van der Waals surface area contributed by atoms with E-state index in [-0.39, 0.29) is 6.10 Å². The maximum absolute atomic E-state index is 5.95. The first-order valence-electron chi connectivity index (χ1n) is 8.76. The molecule has 0 amide bonds. The average molecular weight is 324 g/mol. The minimum Gasteiger partial charge on any atom is -0.496 e. The third-order valence-electron chi connectivity index (χ3n) is 5.10. The Morgan fingerprint density at radius 2 is 2.17 bits per heavy atom. The fraction of sp³-hybridized carbons (Fsp3) is 0.450. The maximum Gasteiger partial charge on any atom is 0.123 e. The number of benzene rings is 1. The van der Waals surface area contributed by atoms with Crippen LogP contribution in [0.5, 0.6) is 5.75 Å². The van der Waals surface area contributed by atoms with Crippen LogP contribution in [0.2, 0.25) is 0 Å². The van der Waals surface area contributed by atoms with Crippen LogP contribution in [0.1, 0.15) is 34.8 Å². The van der Waals surface area contributed by atoms with E-state index >= 15 is 0 Å². The van der Waals surface area contributed by atoms with Gasteiger partial charge in [-0.1, -0.05) is 12.1 Å². The summed E-state index contributed by atoms with van der Waals surface area (Å²) < 4.78 is 11.6. The lowest BCUT2D eigenvalue weighted by atomic mass is 10.0. The highest BCUT2D eigenvalue weighted by Gasteiger charge is 2.24. The highest BCUT2D eigenvalue weighted by Crippen LogP contribution is 2.31. The molecular formula is C20H24N2O2. The first-order valence-corrected chi connectivity index (χ1v) is 8.76. The normalized spacial score (nSPS) is 20.8. The van der Waals surface area contributed by atoms with Gasteiger partial charge in [0.25, 0.3) is 0 Å². The second-order valence-electron chi connectivity index (χ2n) is 6.67.